The van der Waals surface area contributed by atoms with Crippen LogP contribution in [-0.2, 0) is 4.79 Å². The van der Waals surface area contributed by atoms with Gasteiger partial charge in [0.15, 0.2) is 0 Å². The average molecular weight is 360 g/mol. The minimum Gasteiger partial charge on any atom is -0.410 e. The summed E-state index contributed by atoms with van der Waals surface area (Å²) in [5.41, 5.74) is 0.670. The van der Waals surface area contributed by atoms with E-state index in [2.05, 4.69) is 0 Å². The van der Waals surface area contributed by atoms with Gasteiger partial charge in [-0.15, -0.1) is 0 Å². The smallest absolute Gasteiger partial charge is 0.410 e. The lowest BCUT2D eigenvalue weighted by Crippen LogP contribution is -2.47. The quantitative estimate of drug-likeness (QED) is 0.668. The van der Waals surface area contributed by atoms with Crippen LogP contribution in [0.2, 0.25) is 0 Å². The molecule has 144 valence electrons. The summed E-state index contributed by atoms with van der Waals surface area (Å²) in [5.74, 6) is 1.03. The zero-order valence-corrected chi connectivity index (χ0v) is 16.9. The molecule has 2 rings (SSSR count). The van der Waals surface area contributed by atoms with Crippen LogP contribution >= 0.6 is 0 Å². The van der Waals surface area contributed by atoms with E-state index >= 15 is 0 Å². The summed E-state index contributed by atoms with van der Waals surface area (Å²) in [4.78, 5) is 26.7. The van der Waals surface area contributed by atoms with Gasteiger partial charge in [-0.3, -0.25) is 4.79 Å². The lowest BCUT2D eigenvalue weighted by Gasteiger charge is -2.34. The lowest BCUT2D eigenvalue weighted by atomic mass is 9.82. The Morgan fingerprint density at radius 1 is 1.23 bits per heavy atom. The van der Waals surface area contributed by atoms with Gasteiger partial charge in [-0.25, -0.2) is 4.79 Å². The fourth-order valence-electron chi connectivity index (χ4n) is 3.98. The molecule has 1 aromatic rings. The highest BCUT2D eigenvalue weighted by atomic mass is 16.6. The zero-order valence-electron chi connectivity index (χ0n) is 16.9. The van der Waals surface area contributed by atoms with Crippen molar-refractivity contribution in [1.82, 2.24) is 4.90 Å². The van der Waals surface area contributed by atoms with E-state index in [1.807, 2.05) is 45.9 Å². The molecule has 1 fully saturated rings. The zero-order chi connectivity index (χ0) is 19.3. The summed E-state index contributed by atoms with van der Waals surface area (Å²) >= 11 is 0. The van der Waals surface area contributed by atoms with Crippen molar-refractivity contribution >= 4 is 11.9 Å². The number of rotatable bonds is 6. The normalized spacial score (nSPS) is 16.3. The largest absolute Gasteiger partial charge is 0.415 e. The van der Waals surface area contributed by atoms with Crippen molar-refractivity contribution in [1.29, 1.82) is 0 Å². The molecule has 0 saturated heterocycles. The molecule has 0 spiro atoms. The molecule has 4 nitrogen and oxygen atoms in total. The Kier molecular flexibility index (Phi) is 6.85. The first kappa shape index (κ1) is 20.5. The van der Waals surface area contributed by atoms with Crippen molar-refractivity contribution in [2.45, 2.75) is 78.2 Å². The van der Waals surface area contributed by atoms with E-state index in [1.165, 1.54) is 12.8 Å². The SMILES string of the molecule is CCCN(C(=O)Oc1cccc(C(C(C)=O)C2CCCC2)c1)C(C)(C)C. The maximum atomic E-state index is 12.7. The lowest BCUT2D eigenvalue weighted by molar-refractivity contribution is -0.119. The summed E-state index contributed by atoms with van der Waals surface area (Å²) in [6.07, 6.45) is 5.13. The number of ether oxygens (including phenoxy) is 1. The van der Waals surface area contributed by atoms with Gasteiger partial charge in [0, 0.05) is 18.0 Å². The number of benzene rings is 1. The van der Waals surface area contributed by atoms with Gasteiger partial charge >= 0.3 is 6.09 Å². The van der Waals surface area contributed by atoms with Crippen LogP contribution in [0.25, 0.3) is 0 Å². The van der Waals surface area contributed by atoms with Crippen LogP contribution in [0, 0.1) is 5.92 Å². The molecule has 26 heavy (non-hydrogen) atoms. The Morgan fingerprint density at radius 3 is 2.42 bits per heavy atom. The van der Waals surface area contributed by atoms with Crippen LogP contribution in [0.3, 0.4) is 0 Å². The highest BCUT2D eigenvalue weighted by Gasteiger charge is 2.31. The van der Waals surface area contributed by atoms with Crippen molar-refractivity contribution in [3.8, 4) is 5.75 Å². The Morgan fingerprint density at radius 2 is 1.88 bits per heavy atom. The van der Waals surface area contributed by atoms with Gasteiger partial charge in [-0.1, -0.05) is 31.9 Å². The molecule has 0 aliphatic heterocycles. The van der Waals surface area contributed by atoms with E-state index < -0.39 is 0 Å². The topological polar surface area (TPSA) is 46.6 Å². The van der Waals surface area contributed by atoms with Crippen molar-refractivity contribution in [2.24, 2.45) is 5.92 Å². The van der Waals surface area contributed by atoms with Crippen molar-refractivity contribution in [3.63, 3.8) is 0 Å². The standard InChI is InChI=1S/C22H33NO3/c1-6-14-23(22(3,4)5)21(25)26-19-13-9-12-18(15-19)20(16(2)24)17-10-7-8-11-17/h9,12-13,15,17,20H,6-8,10-11,14H2,1-5H3. The van der Waals surface area contributed by atoms with Crippen molar-refractivity contribution in [2.75, 3.05) is 6.54 Å². The number of carbonyl (C=O) groups is 2. The molecular weight excluding hydrogens is 326 g/mol. The highest BCUT2D eigenvalue weighted by molar-refractivity contribution is 5.84. The van der Waals surface area contributed by atoms with E-state index in [4.69, 9.17) is 4.74 Å². The summed E-state index contributed by atoms with van der Waals surface area (Å²) in [5, 5.41) is 0. The fourth-order valence-corrected chi connectivity index (χ4v) is 3.98. The number of hydrogen-bond donors (Lipinski definition) is 0. The molecule has 1 aliphatic rings. The third-order valence-corrected chi connectivity index (χ3v) is 5.21. The first-order valence-corrected chi connectivity index (χ1v) is 9.84. The van der Waals surface area contributed by atoms with Crippen molar-refractivity contribution in [3.05, 3.63) is 29.8 Å². The average Bonchev–Trinajstić information content (AvgIpc) is 3.05. The van der Waals surface area contributed by atoms with E-state index in [1.54, 1.807) is 17.9 Å². The van der Waals surface area contributed by atoms with Gasteiger partial charge in [0.05, 0.1) is 0 Å². The molecule has 0 aromatic heterocycles. The minimum atomic E-state index is -0.336. The van der Waals surface area contributed by atoms with Crippen LogP contribution in [0.5, 0.6) is 5.75 Å². The highest BCUT2D eigenvalue weighted by Crippen LogP contribution is 2.38. The number of Topliss-reactive ketones (excluding diaryl/α,β-unsaturated/α-hetero) is 1. The van der Waals surface area contributed by atoms with Crippen molar-refractivity contribution < 1.29 is 14.3 Å². The molecule has 1 aromatic carbocycles. The minimum absolute atomic E-state index is 0.0921. The fraction of sp³-hybridized carbons (Fsp3) is 0.636. The third kappa shape index (κ3) is 5.09. The number of amides is 1. The first-order chi connectivity index (χ1) is 12.2. The van der Waals surface area contributed by atoms with E-state index in [0.717, 1.165) is 24.8 Å². The van der Waals surface area contributed by atoms with Crippen LogP contribution in [0.4, 0.5) is 4.79 Å². The van der Waals surface area contributed by atoms with E-state index in [-0.39, 0.29) is 23.3 Å². The van der Waals surface area contributed by atoms with Gasteiger partial charge in [-0.2, -0.15) is 0 Å². The predicted octanol–water partition coefficient (Wildman–Crippen LogP) is 5.56. The molecule has 0 N–H and O–H groups in total. The maximum absolute atomic E-state index is 12.7. The van der Waals surface area contributed by atoms with Gasteiger partial charge < -0.3 is 9.64 Å². The second-order valence-electron chi connectivity index (χ2n) is 8.40. The van der Waals surface area contributed by atoms with Crippen LogP contribution < -0.4 is 4.74 Å². The molecule has 0 bridgehead atoms. The summed E-state index contributed by atoms with van der Waals surface area (Å²) in [6.45, 7) is 10.4. The van der Waals surface area contributed by atoms with Gasteiger partial charge in [0.2, 0.25) is 0 Å². The summed E-state index contributed by atoms with van der Waals surface area (Å²) in [7, 11) is 0. The molecule has 1 amide bonds. The molecule has 1 atom stereocenters. The summed E-state index contributed by atoms with van der Waals surface area (Å²) in [6, 6.07) is 7.52. The Balaban J connectivity index is 2.19. The molecule has 4 heteroatoms. The predicted molar refractivity (Wildman–Crippen MR) is 105 cm³/mol. The molecule has 1 aliphatic carbocycles. The maximum Gasteiger partial charge on any atom is 0.415 e. The van der Waals surface area contributed by atoms with Crippen LogP contribution in [-0.4, -0.2) is 28.9 Å². The summed E-state index contributed by atoms with van der Waals surface area (Å²) < 4.78 is 5.66. The second-order valence-corrected chi connectivity index (χ2v) is 8.40. The third-order valence-electron chi connectivity index (χ3n) is 5.21. The van der Waals surface area contributed by atoms with Crippen LogP contribution in [0.15, 0.2) is 24.3 Å². The first-order valence-electron chi connectivity index (χ1n) is 9.84. The Bertz CT molecular complexity index is 627. The van der Waals surface area contributed by atoms with Gasteiger partial charge in [-0.05, 0) is 70.6 Å². The monoisotopic (exact) mass is 359 g/mol. The second kappa shape index (κ2) is 8.70. The Labute approximate surface area is 157 Å². The van der Waals surface area contributed by atoms with Gasteiger partial charge in [0.1, 0.15) is 11.5 Å². The number of ketones is 1. The van der Waals surface area contributed by atoms with E-state index in [9.17, 15) is 9.59 Å². The van der Waals surface area contributed by atoms with Gasteiger partial charge in [0.25, 0.3) is 0 Å². The number of nitrogens with zero attached hydrogens (tertiary/aromatic N) is 1. The number of hydrogen-bond acceptors (Lipinski definition) is 3. The molecule has 0 radical (unpaired) electrons. The molecule has 0 heterocycles. The number of carbonyl (C=O) groups excluding carboxylic acids is 2. The molecule has 1 unspecified atom stereocenters. The van der Waals surface area contributed by atoms with E-state index in [0.29, 0.717) is 18.2 Å². The molecular formula is C22H33NO3. The molecule has 1 saturated carbocycles. The van der Waals surface area contributed by atoms with Crippen LogP contribution in [0.1, 0.15) is 78.2 Å². The Hall–Kier alpha value is -1.84.